The van der Waals surface area contributed by atoms with Crippen molar-refractivity contribution < 1.29 is 58.2 Å². The maximum absolute atomic E-state index is 11.4. The third-order valence-electron chi connectivity index (χ3n) is 3.04. The van der Waals surface area contributed by atoms with Gasteiger partial charge in [0.1, 0.15) is 5.75 Å². The molecule has 23 heavy (non-hydrogen) atoms. The van der Waals surface area contributed by atoms with Crippen molar-refractivity contribution in [1.29, 1.82) is 0 Å². The van der Waals surface area contributed by atoms with E-state index in [4.69, 9.17) is 14.0 Å². The van der Waals surface area contributed by atoms with Crippen molar-refractivity contribution in [2.75, 3.05) is 6.61 Å². The Labute approximate surface area is 161 Å². The third-order valence-corrected chi connectivity index (χ3v) is 3.91. The smallest absolute Gasteiger partial charge is 1.00 e. The van der Waals surface area contributed by atoms with Gasteiger partial charge >= 0.3 is 35.7 Å². The van der Waals surface area contributed by atoms with Gasteiger partial charge in [0.2, 0.25) is 0 Å². The van der Waals surface area contributed by atoms with Gasteiger partial charge in [0.25, 0.3) is 10.1 Å². The van der Waals surface area contributed by atoms with Crippen molar-refractivity contribution in [3.05, 3.63) is 24.3 Å². The molecule has 0 spiro atoms. The van der Waals surface area contributed by atoms with Gasteiger partial charge in [0.05, 0.1) is 11.5 Å². The van der Waals surface area contributed by atoms with Crippen LogP contribution in [-0.2, 0) is 14.9 Å². The summed E-state index contributed by atoms with van der Waals surface area (Å²) in [7, 11) is -4.25. The molecule has 0 aliphatic heterocycles. The largest absolute Gasteiger partial charge is 1.00 e. The Morgan fingerprint density at radius 3 is 2.22 bits per heavy atom. The zero-order valence-electron chi connectivity index (χ0n) is 14.7. The quantitative estimate of drug-likeness (QED) is 0.233. The standard InChI is InChI=1S/C15H22O6S.Na.H/c1-2-3-4-5-6-7-12-20-15(16)21-13-8-10-14(11-9-13)22(17,18)19;;/h8-11H,2-7,12H2,1H3,(H,17,18,19);;/q;+1;-1. The van der Waals surface area contributed by atoms with E-state index < -0.39 is 16.3 Å². The summed E-state index contributed by atoms with van der Waals surface area (Å²) in [6, 6.07) is 4.83. The molecule has 0 aromatic heterocycles. The monoisotopic (exact) mass is 354 g/mol. The fourth-order valence-electron chi connectivity index (χ4n) is 1.84. The number of ether oxygens (including phenoxy) is 2. The van der Waals surface area contributed by atoms with E-state index in [-0.39, 0.29) is 41.6 Å². The maximum Gasteiger partial charge on any atom is 1.00 e. The van der Waals surface area contributed by atoms with Gasteiger partial charge in [-0.1, -0.05) is 39.0 Å². The molecule has 1 rings (SSSR count). The van der Waals surface area contributed by atoms with E-state index in [1.54, 1.807) is 0 Å². The Bertz CT molecular complexity index is 562. The minimum atomic E-state index is -4.25. The van der Waals surface area contributed by atoms with Crippen molar-refractivity contribution in [2.24, 2.45) is 0 Å². The Morgan fingerprint density at radius 2 is 1.65 bits per heavy atom. The Balaban J connectivity index is 0. The summed E-state index contributed by atoms with van der Waals surface area (Å²) in [5.41, 5.74) is 0. The number of carbonyl (C=O) groups is 1. The van der Waals surface area contributed by atoms with Gasteiger partial charge in [-0.25, -0.2) is 4.79 Å². The first kappa shape index (κ1) is 22.4. The minimum absolute atomic E-state index is 0. The molecular formula is C15H23NaO6S. The van der Waals surface area contributed by atoms with Crippen molar-refractivity contribution in [3.8, 4) is 5.75 Å². The molecule has 126 valence electrons. The first-order valence-electron chi connectivity index (χ1n) is 7.35. The van der Waals surface area contributed by atoms with E-state index in [0.29, 0.717) is 6.61 Å². The van der Waals surface area contributed by atoms with Gasteiger partial charge in [0, 0.05) is 0 Å². The molecule has 1 aromatic carbocycles. The molecule has 0 atom stereocenters. The van der Waals surface area contributed by atoms with E-state index in [2.05, 4.69) is 6.92 Å². The normalized spacial score (nSPS) is 10.7. The predicted octanol–water partition coefficient (Wildman–Crippen LogP) is 0.926. The molecule has 0 aliphatic rings. The molecule has 1 N–H and O–H groups in total. The number of carbonyl (C=O) groups excluding carboxylic acids is 1. The van der Waals surface area contributed by atoms with Crippen molar-refractivity contribution in [1.82, 2.24) is 0 Å². The average molecular weight is 354 g/mol. The van der Waals surface area contributed by atoms with Crippen molar-refractivity contribution >= 4 is 16.3 Å². The molecular weight excluding hydrogens is 331 g/mol. The van der Waals surface area contributed by atoms with Crippen LogP contribution in [-0.4, -0.2) is 25.7 Å². The van der Waals surface area contributed by atoms with Crippen LogP contribution in [0.4, 0.5) is 4.79 Å². The van der Waals surface area contributed by atoms with Crippen LogP contribution in [0.3, 0.4) is 0 Å². The Morgan fingerprint density at radius 1 is 1.09 bits per heavy atom. The van der Waals surface area contributed by atoms with Crippen LogP contribution in [0.2, 0.25) is 0 Å². The van der Waals surface area contributed by atoms with Gasteiger partial charge in [-0.2, -0.15) is 8.42 Å². The average Bonchev–Trinajstić information content (AvgIpc) is 2.46. The summed E-state index contributed by atoms with van der Waals surface area (Å²) < 4.78 is 40.3. The zero-order valence-corrected chi connectivity index (χ0v) is 16.5. The molecule has 6 nitrogen and oxygen atoms in total. The first-order valence-corrected chi connectivity index (χ1v) is 8.79. The maximum atomic E-state index is 11.4. The van der Waals surface area contributed by atoms with E-state index >= 15 is 0 Å². The molecule has 8 heteroatoms. The number of rotatable bonds is 9. The molecule has 0 fully saturated rings. The SMILES string of the molecule is CCCCCCCCOC(=O)Oc1ccc(S(=O)(=O)O)cc1.[H-].[Na+]. The Kier molecular flexibility index (Phi) is 11.6. The van der Waals surface area contributed by atoms with Crippen molar-refractivity contribution in [3.63, 3.8) is 0 Å². The summed E-state index contributed by atoms with van der Waals surface area (Å²) in [5.74, 6) is 0.153. The van der Waals surface area contributed by atoms with Gasteiger partial charge in [-0.3, -0.25) is 4.55 Å². The number of unbranched alkanes of at least 4 members (excludes halogenated alkanes) is 5. The molecule has 0 aliphatic carbocycles. The summed E-state index contributed by atoms with van der Waals surface area (Å²) in [6.45, 7) is 2.45. The number of hydrogen-bond donors (Lipinski definition) is 1. The van der Waals surface area contributed by atoms with Gasteiger partial charge in [-0.15, -0.1) is 0 Å². The van der Waals surface area contributed by atoms with Crippen LogP contribution in [0.1, 0.15) is 46.9 Å². The number of hydrogen-bond acceptors (Lipinski definition) is 5. The summed E-state index contributed by atoms with van der Waals surface area (Å²) in [4.78, 5) is 11.2. The third kappa shape index (κ3) is 9.99. The van der Waals surface area contributed by atoms with Crippen LogP contribution in [0, 0.1) is 0 Å². The van der Waals surface area contributed by atoms with Gasteiger partial charge < -0.3 is 10.9 Å². The van der Waals surface area contributed by atoms with Crippen LogP contribution < -0.4 is 34.3 Å². The van der Waals surface area contributed by atoms with Crippen LogP contribution in [0.15, 0.2) is 29.2 Å². The molecule has 0 heterocycles. The van der Waals surface area contributed by atoms with Gasteiger partial charge in [-0.05, 0) is 30.7 Å². The topological polar surface area (TPSA) is 89.9 Å². The first-order chi connectivity index (χ1) is 10.4. The molecule has 0 saturated carbocycles. The summed E-state index contributed by atoms with van der Waals surface area (Å²) in [6.07, 6.45) is 5.72. The van der Waals surface area contributed by atoms with Crippen LogP contribution >= 0.6 is 0 Å². The molecule has 0 saturated heterocycles. The minimum Gasteiger partial charge on any atom is -1.00 e. The second kappa shape index (κ2) is 11.9. The zero-order chi connectivity index (χ0) is 16.4. The second-order valence-corrected chi connectivity index (χ2v) is 6.34. The molecule has 0 bridgehead atoms. The number of benzene rings is 1. The fourth-order valence-corrected chi connectivity index (χ4v) is 2.32. The molecule has 1 aromatic rings. The Hall–Kier alpha value is -0.600. The summed E-state index contributed by atoms with van der Waals surface area (Å²) in [5, 5.41) is 0. The van der Waals surface area contributed by atoms with Crippen LogP contribution in [0.25, 0.3) is 0 Å². The van der Waals surface area contributed by atoms with E-state index in [1.165, 1.54) is 31.4 Å². The van der Waals surface area contributed by atoms with E-state index in [1.807, 2.05) is 0 Å². The predicted molar refractivity (Wildman–Crippen MR) is 82.7 cm³/mol. The van der Waals surface area contributed by atoms with E-state index in [0.717, 1.165) is 31.4 Å². The second-order valence-electron chi connectivity index (χ2n) is 4.91. The fraction of sp³-hybridized carbons (Fsp3) is 0.533. The van der Waals surface area contributed by atoms with Crippen molar-refractivity contribution in [2.45, 2.75) is 50.3 Å². The molecule has 0 amide bonds. The molecule has 0 unspecified atom stereocenters. The van der Waals surface area contributed by atoms with E-state index in [9.17, 15) is 13.2 Å². The molecule has 0 radical (unpaired) electrons. The van der Waals surface area contributed by atoms with Gasteiger partial charge in [0.15, 0.2) is 0 Å². The van der Waals surface area contributed by atoms with Crippen LogP contribution in [0.5, 0.6) is 5.75 Å². The summed E-state index contributed by atoms with van der Waals surface area (Å²) >= 11 is 0.